The summed E-state index contributed by atoms with van der Waals surface area (Å²) >= 11 is 12.8. The number of carbonyl (C=O) groups is 2. The fourth-order valence-corrected chi connectivity index (χ4v) is 4.37. The number of amides is 2. The monoisotopic (exact) mass is 510 g/mol. The number of carbonyl (C=O) groups excluding carboxylic acids is 2. The fraction of sp³-hybridized carbons (Fsp3) is 0.310. The first-order valence-electron chi connectivity index (χ1n) is 11.9. The summed E-state index contributed by atoms with van der Waals surface area (Å²) in [6.45, 7) is 6.30. The predicted octanol–water partition coefficient (Wildman–Crippen LogP) is 6.40. The number of hydrogen-bond donors (Lipinski definition) is 1. The lowest BCUT2D eigenvalue weighted by atomic mass is 10.0. The van der Waals surface area contributed by atoms with E-state index in [0.29, 0.717) is 28.6 Å². The highest BCUT2D eigenvalue weighted by atomic mass is 35.5. The molecule has 2 amide bonds. The third-order valence-corrected chi connectivity index (χ3v) is 6.84. The molecule has 3 aromatic carbocycles. The summed E-state index contributed by atoms with van der Waals surface area (Å²) in [5.74, 6) is -0.380. The van der Waals surface area contributed by atoms with E-state index in [-0.39, 0.29) is 24.3 Å². The van der Waals surface area contributed by atoms with Crippen LogP contribution in [0.2, 0.25) is 10.0 Å². The average molecular weight is 511 g/mol. The standard InChI is InChI=1S/C29H32Cl2N2O2/c1-4-21(3)32-29(35)27(17-22-9-6-5-7-10-22)33(19-23-15-13-20(2)14-16-23)28(34)18-24-25(30)11-8-12-26(24)31/h5-16,21,27H,4,17-19H2,1-3H3,(H,32,35)/t21-,27-/m1/s1. The van der Waals surface area contributed by atoms with E-state index < -0.39 is 6.04 Å². The van der Waals surface area contributed by atoms with Crippen LogP contribution in [0, 0.1) is 6.92 Å². The molecule has 0 bridgehead atoms. The molecule has 3 rings (SSSR count). The molecule has 0 aliphatic carbocycles. The van der Waals surface area contributed by atoms with E-state index >= 15 is 0 Å². The Balaban J connectivity index is 2.00. The Kier molecular flexibility index (Phi) is 9.76. The molecule has 0 heterocycles. The summed E-state index contributed by atoms with van der Waals surface area (Å²) in [6.07, 6.45) is 1.20. The van der Waals surface area contributed by atoms with Gasteiger partial charge in [-0.3, -0.25) is 9.59 Å². The van der Waals surface area contributed by atoms with Crippen LogP contribution in [0.25, 0.3) is 0 Å². The number of nitrogens with zero attached hydrogens (tertiary/aromatic N) is 1. The molecule has 0 aliphatic rings. The van der Waals surface area contributed by atoms with Gasteiger partial charge in [0.2, 0.25) is 11.8 Å². The van der Waals surface area contributed by atoms with E-state index in [9.17, 15) is 9.59 Å². The molecule has 0 aromatic heterocycles. The van der Waals surface area contributed by atoms with Crippen molar-refractivity contribution in [2.45, 2.75) is 58.7 Å². The van der Waals surface area contributed by atoms with Crippen LogP contribution >= 0.6 is 23.2 Å². The van der Waals surface area contributed by atoms with Crippen LogP contribution in [0.3, 0.4) is 0 Å². The van der Waals surface area contributed by atoms with Crippen LogP contribution in [-0.2, 0) is 29.0 Å². The zero-order chi connectivity index (χ0) is 25.4. The summed E-state index contributed by atoms with van der Waals surface area (Å²) in [5.41, 5.74) is 3.62. The van der Waals surface area contributed by atoms with Gasteiger partial charge >= 0.3 is 0 Å². The Morgan fingerprint density at radius 2 is 1.51 bits per heavy atom. The molecule has 0 spiro atoms. The molecule has 3 aromatic rings. The first-order chi connectivity index (χ1) is 16.8. The zero-order valence-electron chi connectivity index (χ0n) is 20.4. The highest BCUT2D eigenvalue weighted by Crippen LogP contribution is 2.26. The van der Waals surface area contributed by atoms with Crippen molar-refractivity contribution >= 4 is 35.0 Å². The summed E-state index contributed by atoms with van der Waals surface area (Å²) in [6, 6.07) is 22.3. The molecule has 0 radical (unpaired) electrons. The molecule has 0 unspecified atom stereocenters. The summed E-state index contributed by atoms with van der Waals surface area (Å²) in [5, 5.41) is 3.95. The topological polar surface area (TPSA) is 49.4 Å². The molecule has 184 valence electrons. The molecule has 6 heteroatoms. The third-order valence-electron chi connectivity index (χ3n) is 6.14. The highest BCUT2D eigenvalue weighted by molar-refractivity contribution is 6.36. The Labute approximate surface area is 218 Å². The molecule has 0 fully saturated rings. The van der Waals surface area contributed by atoms with Crippen molar-refractivity contribution < 1.29 is 9.59 Å². The molecule has 2 atom stereocenters. The van der Waals surface area contributed by atoms with Gasteiger partial charge in [0.15, 0.2) is 0 Å². The highest BCUT2D eigenvalue weighted by Gasteiger charge is 2.31. The van der Waals surface area contributed by atoms with E-state index in [1.165, 1.54) is 0 Å². The van der Waals surface area contributed by atoms with Gasteiger partial charge in [0.05, 0.1) is 6.42 Å². The Morgan fingerprint density at radius 3 is 2.11 bits per heavy atom. The lowest BCUT2D eigenvalue weighted by Gasteiger charge is -2.32. The van der Waals surface area contributed by atoms with Crippen LogP contribution in [0.5, 0.6) is 0 Å². The van der Waals surface area contributed by atoms with Crippen molar-refractivity contribution in [1.29, 1.82) is 0 Å². The van der Waals surface area contributed by atoms with Gasteiger partial charge in [-0.2, -0.15) is 0 Å². The minimum Gasteiger partial charge on any atom is -0.352 e. The molecular formula is C29H32Cl2N2O2. The van der Waals surface area contributed by atoms with E-state index in [4.69, 9.17) is 23.2 Å². The minimum absolute atomic E-state index is 0.00453. The maximum atomic E-state index is 13.8. The molecule has 1 N–H and O–H groups in total. The van der Waals surface area contributed by atoms with Gasteiger partial charge in [0, 0.05) is 29.1 Å². The lowest BCUT2D eigenvalue weighted by Crippen LogP contribution is -2.52. The maximum absolute atomic E-state index is 13.8. The Hall–Kier alpha value is -2.82. The number of aryl methyl sites for hydroxylation is 1. The van der Waals surface area contributed by atoms with Crippen LogP contribution in [0.1, 0.15) is 42.5 Å². The first-order valence-corrected chi connectivity index (χ1v) is 12.7. The lowest BCUT2D eigenvalue weighted by molar-refractivity contribution is -0.141. The van der Waals surface area contributed by atoms with Crippen molar-refractivity contribution in [2.24, 2.45) is 0 Å². The third kappa shape index (κ3) is 7.58. The van der Waals surface area contributed by atoms with Gasteiger partial charge in [-0.1, -0.05) is 96.4 Å². The molecule has 0 saturated carbocycles. The summed E-state index contributed by atoms with van der Waals surface area (Å²) in [4.78, 5) is 29.0. The number of rotatable bonds is 10. The number of hydrogen-bond acceptors (Lipinski definition) is 2. The van der Waals surface area contributed by atoms with Gasteiger partial charge in [0.1, 0.15) is 6.04 Å². The van der Waals surface area contributed by atoms with Crippen LogP contribution in [-0.4, -0.2) is 28.8 Å². The van der Waals surface area contributed by atoms with Crippen molar-refractivity contribution in [3.63, 3.8) is 0 Å². The quantitative estimate of drug-likeness (QED) is 0.343. The Bertz CT molecular complexity index is 1110. The van der Waals surface area contributed by atoms with Gasteiger partial charge in [-0.05, 0) is 49.1 Å². The molecule has 35 heavy (non-hydrogen) atoms. The van der Waals surface area contributed by atoms with Crippen molar-refractivity contribution in [1.82, 2.24) is 10.2 Å². The SMILES string of the molecule is CC[C@@H](C)NC(=O)[C@@H](Cc1ccccc1)N(Cc1ccc(C)cc1)C(=O)Cc1c(Cl)cccc1Cl. The Morgan fingerprint density at radius 1 is 0.886 bits per heavy atom. The summed E-state index contributed by atoms with van der Waals surface area (Å²) < 4.78 is 0. The molecular weight excluding hydrogens is 479 g/mol. The van der Waals surface area contributed by atoms with Gasteiger partial charge in [0.25, 0.3) is 0 Å². The van der Waals surface area contributed by atoms with Crippen LogP contribution < -0.4 is 5.32 Å². The van der Waals surface area contributed by atoms with E-state index in [0.717, 1.165) is 23.1 Å². The van der Waals surface area contributed by atoms with Crippen LogP contribution in [0.15, 0.2) is 72.8 Å². The number of halogens is 2. The molecule has 4 nitrogen and oxygen atoms in total. The van der Waals surface area contributed by atoms with E-state index in [1.807, 2.05) is 75.4 Å². The second-order valence-electron chi connectivity index (χ2n) is 8.91. The number of nitrogens with one attached hydrogen (secondary N) is 1. The second kappa shape index (κ2) is 12.8. The summed E-state index contributed by atoms with van der Waals surface area (Å²) in [7, 11) is 0. The van der Waals surface area contributed by atoms with Crippen molar-refractivity contribution in [3.05, 3.63) is 105 Å². The van der Waals surface area contributed by atoms with Crippen molar-refractivity contribution in [3.8, 4) is 0 Å². The maximum Gasteiger partial charge on any atom is 0.243 e. The second-order valence-corrected chi connectivity index (χ2v) is 9.72. The first kappa shape index (κ1) is 26.8. The normalized spacial score (nSPS) is 12.6. The van der Waals surface area contributed by atoms with Gasteiger partial charge in [-0.25, -0.2) is 0 Å². The van der Waals surface area contributed by atoms with E-state index in [1.54, 1.807) is 23.1 Å². The van der Waals surface area contributed by atoms with Crippen molar-refractivity contribution in [2.75, 3.05) is 0 Å². The van der Waals surface area contributed by atoms with Crippen LogP contribution in [0.4, 0.5) is 0 Å². The van der Waals surface area contributed by atoms with Gasteiger partial charge in [-0.15, -0.1) is 0 Å². The average Bonchev–Trinajstić information content (AvgIpc) is 2.85. The van der Waals surface area contributed by atoms with E-state index in [2.05, 4.69) is 5.32 Å². The van der Waals surface area contributed by atoms with Gasteiger partial charge < -0.3 is 10.2 Å². The zero-order valence-corrected chi connectivity index (χ0v) is 21.9. The number of benzene rings is 3. The predicted molar refractivity (Wildman–Crippen MR) is 144 cm³/mol. The fourth-order valence-electron chi connectivity index (χ4n) is 3.84. The minimum atomic E-state index is -0.693. The smallest absolute Gasteiger partial charge is 0.243 e. The molecule has 0 aliphatic heterocycles. The largest absolute Gasteiger partial charge is 0.352 e. The molecule has 0 saturated heterocycles.